The van der Waals surface area contributed by atoms with Crippen LogP contribution in [0, 0.1) is 0 Å². The first-order valence-electron chi connectivity index (χ1n) is 5.71. The zero-order chi connectivity index (χ0) is 12.2. The van der Waals surface area contributed by atoms with Gasteiger partial charge in [0.25, 0.3) is 0 Å². The largest absolute Gasteiger partial charge is 0.385 e. The monoisotopic (exact) mass is 234 g/mol. The van der Waals surface area contributed by atoms with Crippen molar-refractivity contribution in [2.24, 2.45) is 5.73 Å². The highest BCUT2D eigenvalue weighted by molar-refractivity contribution is 4.66. The van der Waals surface area contributed by atoms with Crippen LogP contribution in [-0.2, 0) is 14.2 Å². The summed E-state index contributed by atoms with van der Waals surface area (Å²) in [4.78, 5) is 2.30. The molecule has 0 radical (unpaired) electrons. The van der Waals surface area contributed by atoms with Crippen LogP contribution >= 0.6 is 0 Å². The molecule has 1 atom stereocenters. The molecule has 0 aromatic heterocycles. The van der Waals surface area contributed by atoms with Gasteiger partial charge in [-0.1, -0.05) is 0 Å². The third-order valence-electron chi connectivity index (χ3n) is 2.49. The topological polar surface area (TPSA) is 57.0 Å². The lowest BCUT2D eigenvalue weighted by atomic mass is 10.3. The van der Waals surface area contributed by atoms with Crippen LogP contribution in [0.4, 0.5) is 0 Å². The van der Waals surface area contributed by atoms with E-state index in [9.17, 15) is 0 Å². The van der Waals surface area contributed by atoms with E-state index in [1.165, 1.54) is 0 Å². The first kappa shape index (κ1) is 15.8. The molecule has 0 saturated heterocycles. The Morgan fingerprint density at radius 1 is 1.06 bits per heavy atom. The number of ether oxygens (including phenoxy) is 3. The van der Waals surface area contributed by atoms with Crippen LogP contribution < -0.4 is 5.73 Å². The van der Waals surface area contributed by atoms with E-state index in [2.05, 4.69) is 4.90 Å². The van der Waals surface area contributed by atoms with Crippen LogP contribution in [-0.4, -0.2) is 71.7 Å². The Balaban J connectivity index is 3.87. The molecule has 0 aliphatic heterocycles. The van der Waals surface area contributed by atoms with Gasteiger partial charge in [-0.15, -0.1) is 0 Å². The van der Waals surface area contributed by atoms with Gasteiger partial charge < -0.3 is 19.9 Å². The lowest BCUT2D eigenvalue weighted by Crippen LogP contribution is -2.40. The van der Waals surface area contributed by atoms with Gasteiger partial charge in [-0.05, 0) is 6.42 Å². The second-order valence-electron chi connectivity index (χ2n) is 3.73. The van der Waals surface area contributed by atoms with Gasteiger partial charge in [-0.2, -0.15) is 0 Å². The standard InChI is InChI=1S/C11H26N2O3/c1-14-7-4-5-13(6-8-15-2)10-11(9-12)16-3/h11H,4-10,12H2,1-3H3. The van der Waals surface area contributed by atoms with Gasteiger partial charge in [0.15, 0.2) is 0 Å². The normalized spacial score (nSPS) is 13.3. The van der Waals surface area contributed by atoms with Gasteiger partial charge >= 0.3 is 0 Å². The summed E-state index contributed by atoms with van der Waals surface area (Å²) in [6.07, 6.45) is 1.11. The number of methoxy groups -OCH3 is 3. The van der Waals surface area contributed by atoms with Crippen molar-refractivity contribution in [3.63, 3.8) is 0 Å². The fourth-order valence-corrected chi connectivity index (χ4v) is 1.48. The van der Waals surface area contributed by atoms with E-state index >= 15 is 0 Å². The van der Waals surface area contributed by atoms with Gasteiger partial charge in [-0.3, -0.25) is 4.90 Å². The van der Waals surface area contributed by atoms with Crippen molar-refractivity contribution >= 4 is 0 Å². The van der Waals surface area contributed by atoms with E-state index in [1.54, 1.807) is 21.3 Å². The minimum Gasteiger partial charge on any atom is -0.385 e. The van der Waals surface area contributed by atoms with E-state index in [1.807, 2.05) is 0 Å². The molecule has 0 bridgehead atoms. The highest BCUT2D eigenvalue weighted by atomic mass is 16.5. The predicted molar refractivity (Wildman–Crippen MR) is 64.7 cm³/mol. The summed E-state index contributed by atoms with van der Waals surface area (Å²) in [5.41, 5.74) is 5.61. The first-order chi connectivity index (χ1) is 7.78. The SMILES string of the molecule is COCCCN(CCOC)CC(CN)OC. The zero-order valence-corrected chi connectivity index (χ0v) is 10.8. The van der Waals surface area contributed by atoms with Gasteiger partial charge in [0.2, 0.25) is 0 Å². The molecule has 0 aromatic rings. The molecule has 2 N–H and O–H groups in total. The lowest BCUT2D eigenvalue weighted by Gasteiger charge is -2.25. The first-order valence-corrected chi connectivity index (χ1v) is 5.71. The second kappa shape index (κ2) is 11.3. The molecule has 5 heteroatoms. The Hall–Kier alpha value is -0.200. The maximum atomic E-state index is 5.61. The summed E-state index contributed by atoms with van der Waals surface area (Å²) in [5.74, 6) is 0. The Morgan fingerprint density at radius 3 is 2.25 bits per heavy atom. The summed E-state index contributed by atoms with van der Waals surface area (Å²) < 4.78 is 15.4. The summed E-state index contributed by atoms with van der Waals surface area (Å²) >= 11 is 0. The average molecular weight is 234 g/mol. The van der Waals surface area contributed by atoms with E-state index in [0.717, 1.165) is 39.3 Å². The van der Waals surface area contributed by atoms with Crippen LogP contribution in [0.15, 0.2) is 0 Å². The summed E-state index contributed by atoms with van der Waals surface area (Å²) in [6.45, 7) is 4.79. The zero-order valence-electron chi connectivity index (χ0n) is 10.8. The number of nitrogens with two attached hydrogens (primary N) is 1. The highest BCUT2D eigenvalue weighted by Crippen LogP contribution is 1.97. The van der Waals surface area contributed by atoms with Gasteiger partial charge in [-0.25, -0.2) is 0 Å². The number of nitrogens with zero attached hydrogens (tertiary/aromatic N) is 1. The van der Waals surface area contributed by atoms with Crippen LogP contribution in [0.5, 0.6) is 0 Å². The molecule has 16 heavy (non-hydrogen) atoms. The fourth-order valence-electron chi connectivity index (χ4n) is 1.48. The Bertz CT molecular complexity index is 143. The molecule has 0 fully saturated rings. The summed E-state index contributed by atoms with van der Waals surface area (Å²) in [5, 5.41) is 0. The van der Waals surface area contributed by atoms with E-state index in [-0.39, 0.29) is 6.10 Å². The van der Waals surface area contributed by atoms with Gasteiger partial charge in [0.05, 0.1) is 12.7 Å². The summed E-state index contributed by atoms with van der Waals surface area (Å²) in [6, 6.07) is 0. The molecule has 1 unspecified atom stereocenters. The predicted octanol–water partition coefficient (Wildman–Crippen LogP) is -0.0550. The van der Waals surface area contributed by atoms with E-state index < -0.39 is 0 Å². The molecule has 5 nitrogen and oxygen atoms in total. The van der Waals surface area contributed by atoms with Crippen LogP contribution in [0.25, 0.3) is 0 Å². The third-order valence-corrected chi connectivity index (χ3v) is 2.49. The molecule has 0 heterocycles. The minimum absolute atomic E-state index is 0.0967. The molecule has 0 rings (SSSR count). The van der Waals surface area contributed by atoms with E-state index in [0.29, 0.717) is 6.54 Å². The highest BCUT2D eigenvalue weighted by Gasteiger charge is 2.11. The van der Waals surface area contributed by atoms with Crippen molar-refractivity contribution in [2.75, 3.05) is 60.7 Å². The Kier molecular flexibility index (Phi) is 11.1. The van der Waals surface area contributed by atoms with Gasteiger partial charge in [0, 0.05) is 54.1 Å². The molecule has 0 amide bonds. The van der Waals surface area contributed by atoms with Gasteiger partial charge in [0.1, 0.15) is 0 Å². The molecule has 0 aromatic carbocycles. The number of rotatable bonds is 11. The van der Waals surface area contributed by atoms with Crippen LogP contribution in [0.3, 0.4) is 0 Å². The molecule has 0 spiro atoms. The average Bonchev–Trinajstić information content (AvgIpc) is 2.32. The van der Waals surface area contributed by atoms with Crippen LogP contribution in [0.2, 0.25) is 0 Å². The molecular formula is C11H26N2O3. The Labute approximate surface area is 98.8 Å². The maximum Gasteiger partial charge on any atom is 0.0820 e. The van der Waals surface area contributed by atoms with E-state index in [4.69, 9.17) is 19.9 Å². The minimum atomic E-state index is 0.0967. The number of hydrogen-bond donors (Lipinski definition) is 1. The molecule has 0 aliphatic rings. The molecule has 98 valence electrons. The maximum absolute atomic E-state index is 5.61. The van der Waals surface area contributed by atoms with Crippen molar-refractivity contribution in [3.8, 4) is 0 Å². The quantitative estimate of drug-likeness (QED) is 0.508. The smallest absolute Gasteiger partial charge is 0.0820 e. The van der Waals surface area contributed by atoms with Crippen molar-refractivity contribution in [3.05, 3.63) is 0 Å². The second-order valence-corrected chi connectivity index (χ2v) is 3.73. The van der Waals surface area contributed by atoms with Crippen molar-refractivity contribution < 1.29 is 14.2 Å². The van der Waals surface area contributed by atoms with Crippen molar-refractivity contribution in [1.82, 2.24) is 4.90 Å². The van der Waals surface area contributed by atoms with Crippen molar-refractivity contribution in [2.45, 2.75) is 12.5 Å². The van der Waals surface area contributed by atoms with Crippen LogP contribution in [0.1, 0.15) is 6.42 Å². The fraction of sp³-hybridized carbons (Fsp3) is 1.00. The third kappa shape index (κ3) is 8.01. The number of hydrogen-bond acceptors (Lipinski definition) is 5. The molecule has 0 saturated carbocycles. The molecule has 0 aliphatic carbocycles. The lowest BCUT2D eigenvalue weighted by molar-refractivity contribution is 0.0547. The molecular weight excluding hydrogens is 208 g/mol. The van der Waals surface area contributed by atoms with Crippen molar-refractivity contribution in [1.29, 1.82) is 0 Å². The Morgan fingerprint density at radius 2 is 1.75 bits per heavy atom. The summed E-state index contributed by atoms with van der Waals surface area (Å²) in [7, 11) is 5.13.